The van der Waals surface area contributed by atoms with Crippen LogP contribution >= 0.6 is 0 Å². The van der Waals surface area contributed by atoms with Gasteiger partial charge in [0.1, 0.15) is 18.3 Å². The van der Waals surface area contributed by atoms with Crippen LogP contribution in [0, 0.1) is 0 Å². The predicted molar refractivity (Wildman–Crippen MR) is 135 cm³/mol. The second-order valence-corrected chi connectivity index (χ2v) is 10.8. The lowest BCUT2D eigenvalue weighted by Gasteiger charge is -2.41. The van der Waals surface area contributed by atoms with E-state index in [4.69, 9.17) is 28.4 Å². The molecule has 1 aromatic carbocycles. The summed E-state index contributed by atoms with van der Waals surface area (Å²) in [6.45, 7) is 1.69. The molecule has 38 heavy (non-hydrogen) atoms. The zero-order chi connectivity index (χ0) is 26.5. The summed E-state index contributed by atoms with van der Waals surface area (Å²) in [5.74, 6) is -0.0859. The Balaban J connectivity index is 1.02. The molecule has 6 atom stereocenters. The Labute approximate surface area is 223 Å². The second-order valence-electron chi connectivity index (χ2n) is 10.8. The van der Waals surface area contributed by atoms with E-state index in [1.165, 1.54) is 18.6 Å². The molecule has 0 saturated carbocycles. The van der Waals surface area contributed by atoms with Crippen molar-refractivity contribution in [3.63, 3.8) is 0 Å². The van der Waals surface area contributed by atoms with E-state index in [0.717, 1.165) is 50.0 Å². The van der Waals surface area contributed by atoms with E-state index < -0.39 is 18.0 Å². The molecule has 0 amide bonds. The molecule has 1 aromatic rings. The molecule has 0 bridgehead atoms. The quantitative estimate of drug-likeness (QED) is 0.334. The maximum absolute atomic E-state index is 11.7. The third-order valence-corrected chi connectivity index (χ3v) is 7.67. The third kappa shape index (κ3) is 6.87. The molecule has 208 valence electrons. The van der Waals surface area contributed by atoms with Crippen LogP contribution in [0.25, 0.3) is 0 Å². The highest BCUT2D eigenvalue weighted by Gasteiger charge is 2.54. The van der Waals surface area contributed by atoms with E-state index in [1.807, 2.05) is 6.07 Å². The van der Waals surface area contributed by atoms with Crippen molar-refractivity contribution in [1.82, 2.24) is 0 Å². The van der Waals surface area contributed by atoms with Gasteiger partial charge in [-0.15, -0.1) is 0 Å². The van der Waals surface area contributed by atoms with Gasteiger partial charge < -0.3 is 33.5 Å². The summed E-state index contributed by atoms with van der Waals surface area (Å²) in [6.07, 6.45) is 9.87. The van der Waals surface area contributed by atoms with Gasteiger partial charge in [0.05, 0.1) is 12.2 Å². The van der Waals surface area contributed by atoms with Crippen molar-refractivity contribution in [2.45, 2.75) is 114 Å². The van der Waals surface area contributed by atoms with Gasteiger partial charge >= 0.3 is 11.9 Å². The standard InChI is InChI=1S/C29H38O9/c1-19(30)35-23-15-22(37-29(16-23)17-27-25(38-29)11-12-28(32)36-27)14-21(31)8-6-4-2-3-5-7-20-9-10-24-26(13-20)34-18-33-24/h9-13,21-23,25,27,31H,2-8,14-18H2,1H3. The van der Waals surface area contributed by atoms with E-state index in [1.54, 1.807) is 6.08 Å². The van der Waals surface area contributed by atoms with Gasteiger partial charge in [-0.1, -0.05) is 31.7 Å². The minimum absolute atomic E-state index is 0.300. The lowest BCUT2D eigenvalue weighted by atomic mass is 9.91. The molecule has 4 aliphatic heterocycles. The second kappa shape index (κ2) is 12.1. The van der Waals surface area contributed by atoms with Gasteiger partial charge in [-0.3, -0.25) is 4.79 Å². The van der Waals surface area contributed by atoms with Crippen molar-refractivity contribution in [2.75, 3.05) is 6.79 Å². The van der Waals surface area contributed by atoms with Crippen LogP contribution in [0.2, 0.25) is 0 Å². The molecule has 6 unspecified atom stereocenters. The van der Waals surface area contributed by atoms with Crippen LogP contribution in [-0.4, -0.2) is 60.1 Å². The first-order valence-electron chi connectivity index (χ1n) is 13.9. The molecule has 4 aliphatic rings. The highest BCUT2D eigenvalue weighted by atomic mass is 16.7. The molecule has 0 radical (unpaired) electrons. The highest BCUT2D eigenvalue weighted by Crippen LogP contribution is 2.44. The average Bonchev–Trinajstić information content (AvgIpc) is 3.45. The number of aliphatic hydroxyl groups is 1. The Morgan fingerprint density at radius 3 is 2.79 bits per heavy atom. The van der Waals surface area contributed by atoms with Crippen molar-refractivity contribution in [3.8, 4) is 11.5 Å². The lowest BCUT2D eigenvalue weighted by Crippen LogP contribution is -2.48. The zero-order valence-electron chi connectivity index (χ0n) is 22.0. The maximum atomic E-state index is 11.7. The van der Waals surface area contributed by atoms with Crippen molar-refractivity contribution in [3.05, 3.63) is 35.9 Å². The van der Waals surface area contributed by atoms with Crippen LogP contribution in [0.5, 0.6) is 11.5 Å². The number of aliphatic hydroxyl groups excluding tert-OH is 1. The molecule has 1 N–H and O–H groups in total. The normalized spacial score (nSPS) is 30.2. The lowest BCUT2D eigenvalue weighted by molar-refractivity contribution is -0.286. The van der Waals surface area contributed by atoms with Crippen molar-refractivity contribution in [1.29, 1.82) is 0 Å². The number of unbranched alkanes of at least 4 members (excludes halogenated alkanes) is 4. The van der Waals surface area contributed by atoms with Gasteiger partial charge in [0.25, 0.3) is 0 Å². The number of fused-ring (bicyclic) bond motifs is 2. The molecule has 0 aliphatic carbocycles. The Hall–Kier alpha value is -2.62. The Bertz CT molecular complexity index is 1020. The topological polar surface area (TPSA) is 110 Å². The summed E-state index contributed by atoms with van der Waals surface area (Å²) in [5.41, 5.74) is 1.27. The van der Waals surface area contributed by atoms with E-state index in [2.05, 4.69) is 12.1 Å². The maximum Gasteiger partial charge on any atom is 0.330 e. The summed E-state index contributed by atoms with van der Waals surface area (Å²) in [7, 11) is 0. The fourth-order valence-electron chi connectivity index (χ4n) is 5.99. The molecule has 0 aromatic heterocycles. The number of aryl methyl sites for hydroxylation is 1. The molecule has 2 fully saturated rings. The fourth-order valence-corrected chi connectivity index (χ4v) is 5.99. The first-order valence-corrected chi connectivity index (χ1v) is 13.9. The van der Waals surface area contributed by atoms with Crippen molar-refractivity contribution < 1.29 is 43.1 Å². The Morgan fingerprint density at radius 1 is 1.11 bits per heavy atom. The Morgan fingerprint density at radius 2 is 1.92 bits per heavy atom. The van der Waals surface area contributed by atoms with Crippen molar-refractivity contribution in [2.24, 2.45) is 0 Å². The molecular formula is C29H38O9. The fraction of sp³-hybridized carbons (Fsp3) is 0.655. The molecule has 2 saturated heterocycles. The van der Waals surface area contributed by atoms with Crippen LogP contribution in [0.4, 0.5) is 0 Å². The number of carbonyl (C=O) groups is 2. The number of carbonyl (C=O) groups excluding carboxylic acids is 2. The third-order valence-electron chi connectivity index (χ3n) is 7.67. The predicted octanol–water partition coefficient (Wildman–Crippen LogP) is 4.13. The summed E-state index contributed by atoms with van der Waals surface area (Å²) >= 11 is 0. The first-order chi connectivity index (χ1) is 18.4. The number of hydrogen-bond acceptors (Lipinski definition) is 9. The summed E-state index contributed by atoms with van der Waals surface area (Å²) < 4.78 is 34.3. The monoisotopic (exact) mass is 530 g/mol. The number of hydrogen-bond donors (Lipinski definition) is 1. The first kappa shape index (κ1) is 27.0. The average molecular weight is 531 g/mol. The molecule has 9 heteroatoms. The SMILES string of the molecule is CC(=O)OC1CC(CC(O)CCCCCCCc2ccc3c(c2)OCO3)OC2(C1)CC1OC(=O)C=CC1O2. The van der Waals surface area contributed by atoms with Crippen LogP contribution < -0.4 is 9.47 Å². The van der Waals surface area contributed by atoms with Crippen LogP contribution in [0.15, 0.2) is 30.4 Å². The smallest absolute Gasteiger partial charge is 0.330 e. The van der Waals surface area contributed by atoms with Crippen LogP contribution in [-0.2, 0) is 35.0 Å². The van der Waals surface area contributed by atoms with E-state index in [-0.39, 0.29) is 30.3 Å². The number of ether oxygens (including phenoxy) is 6. The van der Waals surface area contributed by atoms with Gasteiger partial charge in [-0.25, -0.2) is 4.79 Å². The van der Waals surface area contributed by atoms with Gasteiger partial charge in [0.2, 0.25) is 6.79 Å². The van der Waals surface area contributed by atoms with Gasteiger partial charge in [-0.2, -0.15) is 0 Å². The van der Waals surface area contributed by atoms with Gasteiger partial charge in [-0.05, 0) is 49.5 Å². The van der Waals surface area contributed by atoms with Crippen LogP contribution in [0.3, 0.4) is 0 Å². The minimum Gasteiger partial charge on any atom is -0.462 e. The number of rotatable bonds is 11. The number of esters is 2. The molecular weight excluding hydrogens is 492 g/mol. The van der Waals surface area contributed by atoms with Gasteiger partial charge in [0.15, 0.2) is 17.3 Å². The largest absolute Gasteiger partial charge is 0.462 e. The highest BCUT2D eigenvalue weighted by molar-refractivity contribution is 5.83. The Kier molecular flexibility index (Phi) is 8.55. The summed E-state index contributed by atoms with van der Waals surface area (Å²) in [5, 5.41) is 10.7. The number of benzene rings is 1. The minimum atomic E-state index is -0.995. The van der Waals surface area contributed by atoms with E-state index in [9.17, 15) is 14.7 Å². The summed E-state index contributed by atoms with van der Waals surface area (Å²) in [6, 6.07) is 6.14. The zero-order valence-corrected chi connectivity index (χ0v) is 22.0. The molecule has 4 heterocycles. The van der Waals surface area contributed by atoms with E-state index in [0.29, 0.717) is 38.9 Å². The van der Waals surface area contributed by atoms with Gasteiger partial charge in [0, 0.05) is 32.3 Å². The molecule has 1 spiro atoms. The molecule has 9 nitrogen and oxygen atoms in total. The summed E-state index contributed by atoms with van der Waals surface area (Å²) in [4.78, 5) is 23.3. The van der Waals surface area contributed by atoms with Crippen molar-refractivity contribution >= 4 is 11.9 Å². The molecule has 5 rings (SSSR count). The van der Waals surface area contributed by atoms with Crippen LogP contribution in [0.1, 0.15) is 76.7 Å². The van der Waals surface area contributed by atoms with E-state index >= 15 is 0 Å².